The van der Waals surface area contributed by atoms with E-state index in [9.17, 15) is 13.6 Å². The smallest absolute Gasteiger partial charge is 0.248 e. The van der Waals surface area contributed by atoms with E-state index in [1.165, 1.54) is 0 Å². The van der Waals surface area contributed by atoms with Gasteiger partial charge >= 0.3 is 0 Å². The molecule has 0 atom stereocenters. The molecule has 0 N–H and O–H groups in total. The first kappa shape index (κ1) is 14.7. The number of halogens is 3. The summed E-state index contributed by atoms with van der Waals surface area (Å²) in [5.41, 5.74) is 0. The Morgan fingerprint density at radius 1 is 1.41 bits per heavy atom. The molecular weight excluding hydrogens is 248 g/mol. The lowest BCUT2D eigenvalue weighted by Gasteiger charge is -2.33. The summed E-state index contributed by atoms with van der Waals surface area (Å²) in [4.78, 5) is 13.9. The molecule has 1 aliphatic rings. The maximum Gasteiger partial charge on any atom is 0.248 e. The van der Waals surface area contributed by atoms with Crippen molar-refractivity contribution in [2.75, 3.05) is 12.4 Å². The normalized spacial score (nSPS) is 20.6. The highest BCUT2D eigenvalue weighted by Gasteiger charge is 2.38. The van der Waals surface area contributed by atoms with Gasteiger partial charge < -0.3 is 4.90 Å². The second-order valence-electron chi connectivity index (χ2n) is 4.94. The molecule has 0 saturated heterocycles. The first-order chi connectivity index (χ1) is 7.87. The van der Waals surface area contributed by atoms with E-state index >= 15 is 0 Å². The Balaban J connectivity index is 2.57. The number of carbonyl (C=O) groups is 1. The van der Waals surface area contributed by atoms with Crippen LogP contribution in [0, 0.1) is 5.92 Å². The van der Waals surface area contributed by atoms with Crippen LogP contribution in [0.15, 0.2) is 0 Å². The average Bonchev–Trinajstić information content (AvgIpc) is 2.24. The molecular formula is C12H20ClF2NO. The van der Waals surface area contributed by atoms with Crippen molar-refractivity contribution in [3.63, 3.8) is 0 Å². The third-order valence-corrected chi connectivity index (χ3v) is 3.47. The molecule has 17 heavy (non-hydrogen) atoms. The summed E-state index contributed by atoms with van der Waals surface area (Å²) >= 11 is 5.65. The van der Waals surface area contributed by atoms with E-state index in [-0.39, 0.29) is 43.6 Å². The van der Waals surface area contributed by atoms with E-state index in [2.05, 4.69) is 0 Å². The summed E-state index contributed by atoms with van der Waals surface area (Å²) in [7, 11) is 0. The molecule has 100 valence electrons. The molecule has 0 bridgehead atoms. The monoisotopic (exact) mass is 267 g/mol. The number of nitrogens with zero attached hydrogens (tertiary/aromatic N) is 1. The third-order valence-electron chi connectivity index (χ3n) is 3.30. The predicted octanol–water partition coefficient (Wildman–Crippen LogP) is 3.29. The third kappa shape index (κ3) is 4.09. The summed E-state index contributed by atoms with van der Waals surface area (Å²) in [5.74, 6) is -2.46. The van der Waals surface area contributed by atoms with Gasteiger partial charge in [0, 0.05) is 37.2 Å². The van der Waals surface area contributed by atoms with Gasteiger partial charge in [-0.2, -0.15) is 0 Å². The largest absolute Gasteiger partial charge is 0.339 e. The van der Waals surface area contributed by atoms with Crippen LogP contribution in [0.25, 0.3) is 0 Å². The van der Waals surface area contributed by atoms with Crippen LogP contribution < -0.4 is 0 Å². The zero-order valence-electron chi connectivity index (χ0n) is 10.4. The molecule has 0 heterocycles. The predicted molar refractivity (Wildman–Crippen MR) is 64.5 cm³/mol. The van der Waals surface area contributed by atoms with Crippen LogP contribution >= 0.6 is 11.6 Å². The van der Waals surface area contributed by atoms with Gasteiger partial charge in [0.05, 0.1) is 0 Å². The molecule has 2 nitrogen and oxygen atoms in total. The topological polar surface area (TPSA) is 20.3 Å². The van der Waals surface area contributed by atoms with Crippen molar-refractivity contribution < 1.29 is 13.6 Å². The van der Waals surface area contributed by atoms with Gasteiger partial charge in [0.15, 0.2) is 0 Å². The number of amides is 1. The summed E-state index contributed by atoms with van der Waals surface area (Å²) in [6, 6.07) is 0.0729. The highest BCUT2D eigenvalue weighted by Crippen LogP contribution is 2.36. The molecule has 1 rings (SSSR count). The Morgan fingerprint density at radius 3 is 2.35 bits per heavy atom. The van der Waals surface area contributed by atoms with Crippen molar-refractivity contribution in [1.82, 2.24) is 4.90 Å². The molecule has 1 fully saturated rings. The second-order valence-corrected chi connectivity index (χ2v) is 5.32. The summed E-state index contributed by atoms with van der Waals surface area (Å²) < 4.78 is 26.0. The van der Waals surface area contributed by atoms with E-state index in [0.29, 0.717) is 12.4 Å². The number of carbonyl (C=O) groups excluding carboxylic acids is 1. The number of hydrogen-bond donors (Lipinski definition) is 0. The average molecular weight is 268 g/mol. The lowest BCUT2D eigenvalue weighted by Crippen LogP contribution is -2.43. The van der Waals surface area contributed by atoms with Gasteiger partial charge in [-0.1, -0.05) is 0 Å². The van der Waals surface area contributed by atoms with E-state index in [4.69, 9.17) is 11.6 Å². The van der Waals surface area contributed by atoms with Gasteiger partial charge in [0.1, 0.15) is 0 Å². The molecule has 5 heteroatoms. The SMILES string of the molecule is CC(C)N(CCCl)C(=O)C1CCC(F)(F)CC1. The summed E-state index contributed by atoms with van der Waals surface area (Å²) in [5, 5.41) is 0. The van der Waals surface area contributed by atoms with E-state index in [1.54, 1.807) is 4.90 Å². The molecule has 1 amide bonds. The van der Waals surface area contributed by atoms with Crippen molar-refractivity contribution in [2.45, 2.75) is 51.5 Å². The Kier molecular flexibility index (Phi) is 5.17. The van der Waals surface area contributed by atoms with Gasteiger partial charge in [-0.05, 0) is 26.7 Å². The second kappa shape index (κ2) is 5.98. The van der Waals surface area contributed by atoms with E-state index in [1.807, 2.05) is 13.8 Å². The Labute approximate surface area is 106 Å². The van der Waals surface area contributed by atoms with Gasteiger partial charge in [0.2, 0.25) is 11.8 Å². The molecule has 0 unspecified atom stereocenters. The van der Waals surface area contributed by atoms with Crippen molar-refractivity contribution in [3.8, 4) is 0 Å². The van der Waals surface area contributed by atoms with Crippen molar-refractivity contribution in [2.24, 2.45) is 5.92 Å². The zero-order valence-corrected chi connectivity index (χ0v) is 11.1. The van der Waals surface area contributed by atoms with Crippen LogP contribution in [-0.4, -0.2) is 35.2 Å². The first-order valence-electron chi connectivity index (χ1n) is 6.11. The summed E-state index contributed by atoms with van der Waals surface area (Å²) in [6.07, 6.45) is 0.237. The van der Waals surface area contributed by atoms with Crippen LogP contribution in [-0.2, 0) is 4.79 Å². The van der Waals surface area contributed by atoms with Crippen molar-refractivity contribution in [1.29, 1.82) is 0 Å². The van der Waals surface area contributed by atoms with Gasteiger partial charge in [0.25, 0.3) is 0 Å². The minimum absolute atomic E-state index is 0.0175. The quantitative estimate of drug-likeness (QED) is 0.716. The van der Waals surface area contributed by atoms with Crippen molar-refractivity contribution >= 4 is 17.5 Å². The lowest BCUT2D eigenvalue weighted by atomic mass is 9.85. The molecule has 0 aromatic carbocycles. The van der Waals surface area contributed by atoms with Crippen LogP contribution in [0.1, 0.15) is 39.5 Å². The lowest BCUT2D eigenvalue weighted by molar-refractivity contribution is -0.141. The van der Waals surface area contributed by atoms with E-state index < -0.39 is 5.92 Å². The molecule has 0 radical (unpaired) electrons. The Morgan fingerprint density at radius 2 is 1.94 bits per heavy atom. The fourth-order valence-corrected chi connectivity index (χ4v) is 2.42. The highest BCUT2D eigenvalue weighted by molar-refractivity contribution is 6.18. The number of alkyl halides is 3. The van der Waals surface area contributed by atoms with Crippen LogP contribution in [0.5, 0.6) is 0 Å². The molecule has 1 aliphatic carbocycles. The molecule has 0 aliphatic heterocycles. The zero-order chi connectivity index (χ0) is 13.1. The van der Waals surface area contributed by atoms with E-state index in [0.717, 1.165) is 0 Å². The highest BCUT2D eigenvalue weighted by atomic mass is 35.5. The van der Waals surface area contributed by atoms with Crippen LogP contribution in [0.3, 0.4) is 0 Å². The van der Waals surface area contributed by atoms with Crippen LogP contribution in [0.2, 0.25) is 0 Å². The van der Waals surface area contributed by atoms with Gasteiger partial charge in [-0.25, -0.2) is 8.78 Å². The van der Waals surface area contributed by atoms with Gasteiger partial charge in [-0.3, -0.25) is 4.79 Å². The molecule has 1 saturated carbocycles. The molecule has 0 aromatic heterocycles. The molecule has 0 aromatic rings. The number of hydrogen-bond acceptors (Lipinski definition) is 1. The Hall–Kier alpha value is -0.380. The summed E-state index contributed by atoms with van der Waals surface area (Å²) in [6.45, 7) is 4.33. The first-order valence-corrected chi connectivity index (χ1v) is 6.65. The number of rotatable bonds is 4. The maximum absolute atomic E-state index is 13.0. The Bertz CT molecular complexity index is 261. The fraction of sp³-hybridized carbons (Fsp3) is 0.917. The minimum atomic E-state index is -2.58. The maximum atomic E-state index is 13.0. The minimum Gasteiger partial charge on any atom is -0.339 e. The van der Waals surface area contributed by atoms with Gasteiger partial charge in [-0.15, -0.1) is 11.6 Å². The van der Waals surface area contributed by atoms with Crippen LogP contribution in [0.4, 0.5) is 8.78 Å². The molecule has 0 spiro atoms. The van der Waals surface area contributed by atoms with Crippen molar-refractivity contribution in [3.05, 3.63) is 0 Å². The standard InChI is InChI=1S/C12H20ClF2NO/c1-9(2)16(8-7-13)11(17)10-3-5-12(14,15)6-4-10/h9-10H,3-8H2,1-2H3. The fourth-order valence-electron chi connectivity index (χ4n) is 2.24.